The molecule has 1 heteroatoms. The van der Waals surface area contributed by atoms with E-state index in [1.807, 2.05) is 0 Å². The van der Waals surface area contributed by atoms with E-state index in [1.165, 1.54) is 128 Å². The van der Waals surface area contributed by atoms with Gasteiger partial charge >= 0.3 is 0 Å². The Kier molecular flexibility index (Phi) is 13.6. The van der Waals surface area contributed by atoms with Crippen molar-refractivity contribution >= 4 is 0 Å². The first-order chi connectivity index (χ1) is 13.8. The first kappa shape index (κ1) is 24.2. The van der Waals surface area contributed by atoms with Crippen LogP contribution in [0.3, 0.4) is 0 Å². The molecule has 0 aliphatic heterocycles. The van der Waals surface area contributed by atoms with Crippen molar-refractivity contribution in [3.8, 4) is 0 Å². The molecule has 2 saturated carbocycles. The highest BCUT2D eigenvalue weighted by molar-refractivity contribution is 4.82. The maximum absolute atomic E-state index is 6.23. The van der Waals surface area contributed by atoms with Crippen LogP contribution < -0.4 is 0 Å². The molecule has 2 fully saturated rings. The Morgan fingerprint density at radius 3 is 1.64 bits per heavy atom. The average molecular weight is 393 g/mol. The SMILES string of the molecule is CCCCCCCCCO[C@H]1CC[C@H]([C@H]2CC[C@H](CCCCCC)CC2)CC1. The van der Waals surface area contributed by atoms with Crippen molar-refractivity contribution in [3.63, 3.8) is 0 Å². The van der Waals surface area contributed by atoms with Gasteiger partial charge in [0.25, 0.3) is 0 Å². The lowest BCUT2D eigenvalue weighted by Gasteiger charge is -2.38. The Morgan fingerprint density at radius 2 is 1.04 bits per heavy atom. The van der Waals surface area contributed by atoms with E-state index < -0.39 is 0 Å². The van der Waals surface area contributed by atoms with E-state index in [0.717, 1.165) is 24.4 Å². The zero-order chi connectivity index (χ0) is 19.9. The van der Waals surface area contributed by atoms with Gasteiger partial charge in [-0.3, -0.25) is 0 Å². The highest BCUT2D eigenvalue weighted by atomic mass is 16.5. The molecule has 0 heterocycles. The Morgan fingerprint density at radius 1 is 0.536 bits per heavy atom. The molecular weight excluding hydrogens is 340 g/mol. The van der Waals surface area contributed by atoms with E-state index in [0.29, 0.717) is 6.10 Å². The number of hydrogen-bond acceptors (Lipinski definition) is 1. The lowest BCUT2D eigenvalue weighted by molar-refractivity contribution is 0.00526. The van der Waals surface area contributed by atoms with Gasteiger partial charge in [0.15, 0.2) is 0 Å². The number of hydrogen-bond donors (Lipinski definition) is 0. The minimum absolute atomic E-state index is 0.589. The second-order valence-corrected chi connectivity index (χ2v) is 10.2. The molecule has 1 nitrogen and oxygen atoms in total. The van der Waals surface area contributed by atoms with Gasteiger partial charge in [0, 0.05) is 6.61 Å². The van der Waals surface area contributed by atoms with Crippen LogP contribution in [0.15, 0.2) is 0 Å². The van der Waals surface area contributed by atoms with Crippen LogP contribution in [0.5, 0.6) is 0 Å². The molecule has 0 bridgehead atoms. The summed E-state index contributed by atoms with van der Waals surface area (Å²) in [5.74, 6) is 3.14. The van der Waals surface area contributed by atoms with E-state index in [1.54, 1.807) is 0 Å². The van der Waals surface area contributed by atoms with Crippen molar-refractivity contribution in [2.75, 3.05) is 6.61 Å². The smallest absolute Gasteiger partial charge is 0.0575 e. The monoisotopic (exact) mass is 392 g/mol. The quantitative estimate of drug-likeness (QED) is 0.252. The predicted molar refractivity (Wildman–Crippen MR) is 124 cm³/mol. The summed E-state index contributed by atoms with van der Waals surface area (Å²) in [7, 11) is 0. The summed E-state index contributed by atoms with van der Waals surface area (Å²) in [4.78, 5) is 0. The van der Waals surface area contributed by atoms with Crippen molar-refractivity contribution in [3.05, 3.63) is 0 Å². The van der Waals surface area contributed by atoms with Gasteiger partial charge in [0.2, 0.25) is 0 Å². The third kappa shape index (κ3) is 10.1. The summed E-state index contributed by atoms with van der Waals surface area (Å²) in [6.45, 7) is 5.63. The first-order valence-electron chi connectivity index (χ1n) is 13.4. The summed E-state index contributed by atoms with van der Waals surface area (Å²) < 4.78 is 6.23. The third-order valence-corrected chi connectivity index (χ3v) is 7.84. The number of rotatable bonds is 15. The molecule has 0 atom stereocenters. The van der Waals surface area contributed by atoms with Gasteiger partial charge in [-0.1, -0.05) is 97.3 Å². The average Bonchev–Trinajstić information content (AvgIpc) is 2.74. The van der Waals surface area contributed by atoms with E-state index >= 15 is 0 Å². The molecule has 2 aliphatic carbocycles. The van der Waals surface area contributed by atoms with Crippen molar-refractivity contribution in [1.29, 1.82) is 0 Å². The Labute approximate surface area is 177 Å². The minimum atomic E-state index is 0.589. The summed E-state index contributed by atoms with van der Waals surface area (Å²) in [6, 6.07) is 0. The van der Waals surface area contributed by atoms with Gasteiger partial charge < -0.3 is 4.74 Å². The summed E-state index contributed by atoms with van der Waals surface area (Å²) in [6.07, 6.45) is 29.3. The largest absolute Gasteiger partial charge is 0.378 e. The predicted octanol–water partition coefficient (Wildman–Crippen LogP) is 9.09. The van der Waals surface area contributed by atoms with Crippen LogP contribution in [0.2, 0.25) is 0 Å². The zero-order valence-corrected chi connectivity index (χ0v) is 19.6. The van der Waals surface area contributed by atoms with Crippen LogP contribution in [-0.4, -0.2) is 12.7 Å². The van der Waals surface area contributed by atoms with Crippen LogP contribution in [0, 0.1) is 17.8 Å². The molecule has 2 rings (SSSR count). The summed E-state index contributed by atoms with van der Waals surface area (Å²) in [5, 5.41) is 0. The van der Waals surface area contributed by atoms with Crippen LogP contribution in [0.25, 0.3) is 0 Å². The van der Waals surface area contributed by atoms with Crippen molar-refractivity contribution in [1.82, 2.24) is 0 Å². The van der Waals surface area contributed by atoms with Crippen molar-refractivity contribution in [2.24, 2.45) is 17.8 Å². The van der Waals surface area contributed by atoms with Crippen LogP contribution in [0.4, 0.5) is 0 Å². The molecule has 166 valence electrons. The molecule has 0 unspecified atom stereocenters. The molecule has 0 radical (unpaired) electrons. The molecule has 28 heavy (non-hydrogen) atoms. The van der Waals surface area contributed by atoms with Gasteiger partial charge in [0.05, 0.1) is 6.10 Å². The normalized spacial score (nSPS) is 28.5. The Bertz CT molecular complexity index is 336. The van der Waals surface area contributed by atoms with Crippen molar-refractivity contribution in [2.45, 2.75) is 148 Å². The van der Waals surface area contributed by atoms with Crippen LogP contribution in [-0.2, 0) is 4.74 Å². The standard InChI is InChI=1S/C27H52O/c1-3-5-7-9-10-11-13-23-28-27-21-19-26(20-22-27)25-17-15-24(16-18-25)14-12-8-6-4-2/h24-27H,3-23H2,1-2H3/t24-,25-,26-,27-. The van der Waals surface area contributed by atoms with Gasteiger partial charge in [-0.15, -0.1) is 0 Å². The fourth-order valence-electron chi connectivity index (χ4n) is 5.84. The number of ether oxygens (including phenoxy) is 1. The van der Waals surface area contributed by atoms with E-state index in [-0.39, 0.29) is 0 Å². The molecule has 0 saturated heterocycles. The minimum Gasteiger partial charge on any atom is -0.378 e. The molecule has 0 spiro atoms. The Balaban J connectivity index is 1.45. The maximum Gasteiger partial charge on any atom is 0.0575 e. The third-order valence-electron chi connectivity index (χ3n) is 7.84. The van der Waals surface area contributed by atoms with Crippen LogP contribution >= 0.6 is 0 Å². The second-order valence-electron chi connectivity index (χ2n) is 10.2. The molecule has 2 aliphatic rings. The van der Waals surface area contributed by atoms with E-state index in [9.17, 15) is 0 Å². The molecule has 0 N–H and O–H groups in total. The maximum atomic E-state index is 6.23. The van der Waals surface area contributed by atoms with E-state index in [2.05, 4.69) is 13.8 Å². The van der Waals surface area contributed by atoms with Gasteiger partial charge in [-0.05, 0) is 62.7 Å². The topological polar surface area (TPSA) is 9.23 Å². The Hall–Kier alpha value is -0.0400. The van der Waals surface area contributed by atoms with Gasteiger partial charge in [-0.2, -0.15) is 0 Å². The molecule has 0 aromatic rings. The first-order valence-corrected chi connectivity index (χ1v) is 13.4. The lowest BCUT2D eigenvalue weighted by Crippen LogP contribution is -2.28. The van der Waals surface area contributed by atoms with Crippen molar-refractivity contribution < 1.29 is 4.74 Å². The zero-order valence-electron chi connectivity index (χ0n) is 19.6. The van der Waals surface area contributed by atoms with Gasteiger partial charge in [-0.25, -0.2) is 0 Å². The lowest BCUT2D eigenvalue weighted by atomic mass is 9.70. The fourth-order valence-corrected chi connectivity index (χ4v) is 5.84. The molecule has 0 aromatic carbocycles. The fraction of sp³-hybridized carbons (Fsp3) is 1.00. The highest BCUT2D eigenvalue weighted by Gasteiger charge is 2.30. The van der Waals surface area contributed by atoms with Crippen LogP contribution in [0.1, 0.15) is 142 Å². The highest BCUT2D eigenvalue weighted by Crippen LogP contribution is 2.41. The summed E-state index contributed by atoms with van der Waals surface area (Å²) in [5.41, 5.74) is 0. The van der Waals surface area contributed by atoms with E-state index in [4.69, 9.17) is 4.74 Å². The molecule has 0 amide bonds. The number of unbranched alkanes of at least 4 members (excludes halogenated alkanes) is 9. The summed E-state index contributed by atoms with van der Waals surface area (Å²) >= 11 is 0. The second kappa shape index (κ2) is 15.8. The van der Waals surface area contributed by atoms with Gasteiger partial charge in [0.1, 0.15) is 0 Å². The molecule has 0 aromatic heterocycles. The molecular formula is C27H52O.